The molecule has 0 spiro atoms. The summed E-state index contributed by atoms with van der Waals surface area (Å²) in [4.78, 5) is 12.0. The first-order valence-corrected chi connectivity index (χ1v) is 7.30. The zero-order valence-corrected chi connectivity index (χ0v) is 13.8. The Morgan fingerprint density at radius 2 is 2.00 bits per heavy atom. The second-order valence-electron chi connectivity index (χ2n) is 5.19. The second-order valence-corrected chi connectivity index (χ2v) is 5.19. The van der Waals surface area contributed by atoms with E-state index in [9.17, 15) is 4.79 Å². The van der Waals surface area contributed by atoms with Crippen LogP contribution in [0, 0.1) is 6.92 Å². The number of carbonyl (C=O) groups is 1. The standard InChI is InChI=1S/C16H22N4O3/c1-10-7-14(22-3)15(23-4)8-13(10)11(2)19-16(21)17-9-12-5-6-18-20-12/h5-8,11H,9H2,1-4H3,(H,18,20)(H2,17,19,21)/t11-/m1/s1. The molecule has 1 heterocycles. The van der Waals surface area contributed by atoms with Gasteiger partial charge in [0.25, 0.3) is 0 Å². The first-order valence-electron chi connectivity index (χ1n) is 7.30. The summed E-state index contributed by atoms with van der Waals surface area (Å²) in [6.45, 7) is 4.28. The largest absolute Gasteiger partial charge is 0.493 e. The van der Waals surface area contributed by atoms with Crippen molar-refractivity contribution in [2.75, 3.05) is 14.2 Å². The van der Waals surface area contributed by atoms with Crippen LogP contribution in [0.1, 0.15) is 29.8 Å². The Balaban J connectivity index is 2.02. The van der Waals surface area contributed by atoms with Crippen molar-refractivity contribution < 1.29 is 14.3 Å². The molecular formula is C16H22N4O3. The fraction of sp³-hybridized carbons (Fsp3) is 0.375. The molecule has 2 aromatic rings. The quantitative estimate of drug-likeness (QED) is 0.762. The lowest BCUT2D eigenvalue weighted by Gasteiger charge is -2.19. The number of hydrogen-bond acceptors (Lipinski definition) is 4. The lowest BCUT2D eigenvalue weighted by molar-refractivity contribution is 0.237. The van der Waals surface area contributed by atoms with Gasteiger partial charge in [-0.1, -0.05) is 0 Å². The van der Waals surface area contributed by atoms with E-state index >= 15 is 0 Å². The molecule has 1 atom stereocenters. The molecule has 0 fully saturated rings. The van der Waals surface area contributed by atoms with Crippen molar-refractivity contribution in [2.24, 2.45) is 0 Å². The molecule has 0 aliphatic heterocycles. The number of benzene rings is 1. The van der Waals surface area contributed by atoms with E-state index in [1.807, 2.05) is 32.0 Å². The van der Waals surface area contributed by atoms with E-state index < -0.39 is 0 Å². The summed E-state index contributed by atoms with van der Waals surface area (Å²) in [6, 6.07) is 5.17. The summed E-state index contributed by atoms with van der Waals surface area (Å²) < 4.78 is 10.6. The van der Waals surface area contributed by atoms with Gasteiger partial charge < -0.3 is 20.1 Å². The molecule has 2 amide bonds. The van der Waals surface area contributed by atoms with Gasteiger partial charge in [0.1, 0.15) is 0 Å². The summed E-state index contributed by atoms with van der Waals surface area (Å²) in [5.74, 6) is 1.31. The molecule has 0 bridgehead atoms. The van der Waals surface area contributed by atoms with Crippen molar-refractivity contribution in [1.29, 1.82) is 0 Å². The van der Waals surface area contributed by atoms with Crippen LogP contribution in [0.15, 0.2) is 24.4 Å². The molecule has 2 rings (SSSR count). The number of H-pyrrole nitrogens is 1. The first-order chi connectivity index (χ1) is 11.0. The van der Waals surface area contributed by atoms with E-state index in [2.05, 4.69) is 20.8 Å². The third-order valence-corrected chi connectivity index (χ3v) is 3.58. The Labute approximate surface area is 135 Å². The zero-order valence-electron chi connectivity index (χ0n) is 13.8. The van der Waals surface area contributed by atoms with Crippen LogP contribution in [0.3, 0.4) is 0 Å². The lowest BCUT2D eigenvalue weighted by Crippen LogP contribution is -2.36. The number of nitrogens with zero attached hydrogens (tertiary/aromatic N) is 1. The van der Waals surface area contributed by atoms with Crippen LogP contribution in [-0.2, 0) is 6.54 Å². The van der Waals surface area contributed by atoms with E-state index in [1.54, 1.807) is 20.4 Å². The Morgan fingerprint density at radius 3 is 2.61 bits per heavy atom. The number of amides is 2. The molecule has 1 aromatic carbocycles. The van der Waals surface area contributed by atoms with Gasteiger partial charge in [-0.25, -0.2) is 4.79 Å². The summed E-state index contributed by atoms with van der Waals surface area (Å²) >= 11 is 0. The van der Waals surface area contributed by atoms with Crippen molar-refractivity contribution in [2.45, 2.75) is 26.4 Å². The fourth-order valence-corrected chi connectivity index (χ4v) is 2.35. The third-order valence-electron chi connectivity index (χ3n) is 3.58. The van der Waals surface area contributed by atoms with E-state index in [1.165, 1.54) is 0 Å². The second kappa shape index (κ2) is 7.53. The summed E-state index contributed by atoms with van der Waals surface area (Å²) in [5.41, 5.74) is 2.83. The van der Waals surface area contributed by atoms with Crippen LogP contribution < -0.4 is 20.1 Å². The Bertz CT molecular complexity index is 656. The number of hydrogen-bond donors (Lipinski definition) is 3. The number of aromatic nitrogens is 2. The first kappa shape index (κ1) is 16.7. The maximum absolute atomic E-state index is 12.0. The minimum Gasteiger partial charge on any atom is -0.493 e. The van der Waals surface area contributed by atoms with Crippen LogP contribution in [0.5, 0.6) is 11.5 Å². The smallest absolute Gasteiger partial charge is 0.315 e. The highest BCUT2D eigenvalue weighted by molar-refractivity contribution is 5.74. The summed E-state index contributed by atoms with van der Waals surface area (Å²) in [6.07, 6.45) is 1.64. The van der Waals surface area contributed by atoms with Gasteiger partial charge in [0.2, 0.25) is 0 Å². The van der Waals surface area contributed by atoms with Gasteiger partial charge >= 0.3 is 6.03 Å². The number of rotatable bonds is 6. The molecule has 3 N–H and O–H groups in total. The molecule has 0 saturated heterocycles. The Morgan fingerprint density at radius 1 is 1.30 bits per heavy atom. The zero-order chi connectivity index (χ0) is 16.8. The Kier molecular flexibility index (Phi) is 5.46. The molecule has 0 radical (unpaired) electrons. The van der Waals surface area contributed by atoms with Crippen LogP contribution in [-0.4, -0.2) is 30.4 Å². The van der Waals surface area contributed by atoms with Gasteiger partial charge in [0, 0.05) is 6.20 Å². The molecule has 7 nitrogen and oxygen atoms in total. The van der Waals surface area contributed by atoms with E-state index in [4.69, 9.17) is 9.47 Å². The summed E-state index contributed by atoms with van der Waals surface area (Å²) in [7, 11) is 3.19. The van der Waals surface area contributed by atoms with Gasteiger partial charge in [0.05, 0.1) is 32.5 Å². The summed E-state index contributed by atoms with van der Waals surface area (Å²) in [5, 5.41) is 12.3. The average Bonchev–Trinajstić information content (AvgIpc) is 3.05. The van der Waals surface area contributed by atoms with Crippen molar-refractivity contribution in [1.82, 2.24) is 20.8 Å². The number of carbonyl (C=O) groups excluding carboxylic acids is 1. The molecule has 1 aromatic heterocycles. The van der Waals surface area contributed by atoms with Gasteiger partial charge in [0.15, 0.2) is 11.5 Å². The molecule has 0 aliphatic carbocycles. The molecule has 0 saturated carbocycles. The van der Waals surface area contributed by atoms with Crippen LogP contribution in [0.2, 0.25) is 0 Å². The predicted octanol–water partition coefficient (Wildman–Crippen LogP) is 2.30. The third kappa shape index (κ3) is 4.15. The van der Waals surface area contributed by atoms with E-state index in [0.29, 0.717) is 18.0 Å². The topological polar surface area (TPSA) is 88.3 Å². The van der Waals surface area contributed by atoms with Crippen molar-refractivity contribution >= 4 is 6.03 Å². The molecule has 23 heavy (non-hydrogen) atoms. The minimum atomic E-state index is -0.249. The number of urea groups is 1. The van der Waals surface area contributed by atoms with Crippen LogP contribution in [0.25, 0.3) is 0 Å². The van der Waals surface area contributed by atoms with Gasteiger partial charge in [-0.05, 0) is 43.2 Å². The van der Waals surface area contributed by atoms with Gasteiger partial charge in [-0.15, -0.1) is 0 Å². The highest BCUT2D eigenvalue weighted by Gasteiger charge is 2.15. The molecule has 0 aliphatic rings. The van der Waals surface area contributed by atoms with Crippen molar-refractivity contribution in [3.8, 4) is 11.5 Å². The SMILES string of the molecule is COc1cc(C)c([C@@H](C)NC(=O)NCc2ccn[nH]2)cc1OC. The maximum Gasteiger partial charge on any atom is 0.315 e. The van der Waals surface area contributed by atoms with Gasteiger partial charge in [-0.2, -0.15) is 5.10 Å². The fourth-order valence-electron chi connectivity index (χ4n) is 2.35. The number of methoxy groups -OCH3 is 2. The van der Waals surface area contributed by atoms with E-state index in [0.717, 1.165) is 16.8 Å². The maximum atomic E-state index is 12.0. The number of nitrogens with one attached hydrogen (secondary N) is 3. The highest BCUT2D eigenvalue weighted by atomic mass is 16.5. The number of aromatic amines is 1. The molecule has 7 heteroatoms. The van der Waals surface area contributed by atoms with Gasteiger partial charge in [-0.3, -0.25) is 5.10 Å². The molecule has 124 valence electrons. The number of ether oxygens (including phenoxy) is 2. The van der Waals surface area contributed by atoms with Crippen molar-refractivity contribution in [3.63, 3.8) is 0 Å². The van der Waals surface area contributed by atoms with Crippen molar-refractivity contribution in [3.05, 3.63) is 41.2 Å². The monoisotopic (exact) mass is 318 g/mol. The van der Waals surface area contributed by atoms with Crippen LogP contribution in [0.4, 0.5) is 4.79 Å². The predicted molar refractivity (Wildman–Crippen MR) is 86.7 cm³/mol. The Hall–Kier alpha value is -2.70. The molecule has 0 unspecified atom stereocenters. The van der Waals surface area contributed by atoms with E-state index in [-0.39, 0.29) is 12.1 Å². The molecular weight excluding hydrogens is 296 g/mol. The average molecular weight is 318 g/mol. The highest BCUT2D eigenvalue weighted by Crippen LogP contribution is 2.32. The van der Waals surface area contributed by atoms with Crippen LogP contribution >= 0.6 is 0 Å². The minimum absolute atomic E-state index is 0.170. The lowest BCUT2D eigenvalue weighted by atomic mass is 10.0. The normalized spacial score (nSPS) is 11.7. The number of aryl methyl sites for hydroxylation is 1.